The lowest BCUT2D eigenvalue weighted by Crippen LogP contribution is -2.24. The molecule has 0 aliphatic heterocycles. The quantitative estimate of drug-likeness (QED) is 0.410. The SMILES string of the molecule is COc1ccc(NC(=O)CC(=O)NN=Cc2ccc(OC)c(Br)c2)cc1. The number of halogens is 1. The summed E-state index contributed by atoms with van der Waals surface area (Å²) in [6.45, 7) is 0. The lowest BCUT2D eigenvalue weighted by molar-refractivity contribution is -0.126. The Morgan fingerprint density at radius 2 is 1.81 bits per heavy atom. The number of benzene rings is 2. The van der Waals surface area contributed by atoms with Crippen LogP contribution in [0, 0.1) is 0 Å². The minimum absolute atomic E-state index is 0.338. The van der Waals surface area contributed by atoms with Crippen molar-refractivity contribution in [2.75, 3.05) is 19.5 Å². The van der Waals surface area contributed by atoms with E-state index < -0.39 is 11.8 Å². The van der Waals surface area contributed by atoms with Crippen molar-refractivity contribution in [3.8, 4) is 11.5 Å². The molecule has 2 aromatic rings. The number of nitrogens with zero attached hydrogens (tertiary/aromatic N) is 1. The summed E-state index contributed by atoms with van der Waals surface area (Å²) in [6, 6.07) is 12.2. The van der Waals surface area contributed by atoms with Crippen molar-refractivity contribution in [1.82, 2.24) is 5.43 Å². The molecule has 26 heavy (non-hydrogen) atoms. The highest BCUT2D eigenvalue weighted by Gasteiger charge is 2.09. The first-order chi connectivity index (χ1) is 12.5. The Bertz CT molecular complexity index is 807. The summed E-state index contributed by atoms with van der Waals surface area (Å²) in [5.74, 6) is 0.427. The highest BCUT2D eigenvalue weighted by molar-refractivity contribution is 9.10. The molecule has 0 unspecified atom stereocenters. The second-order valence-electron chi connectivity index (χ2n) is 5.14. The van der Waals surface area contributed by atoms with Crippen LogP contribution in [0.15, 0.2) is 52.0 Å². The highest BCUT2D eigenvalue weighted by Crippen LogP contribution is 2.24. The number of hydrogen-bond donors (Lipinski definition) is 2. The van der Waals surface area contributed by atoms with Gasteiger partial charge < -0.3 is 14.8 Å². The maximum Gasteiger partial charge on any atom is 0.249 e. The summed E-state index contributed by atoms with van der Waals surface area (Å²) < 4.78 is 10.9. The molecule has 8 heteroatoms. The molecular formula is C18H18BrN3O4. The molecule has 2 N–H and O–H groups in total. The van der Waals surface area contributed by atoms with Crippen molar-refractivity contribution in [2.24, 2.45) is 5.10 Å². The number of carbonyl (C=O) groups is 2. The Hall–Kier alpha value is -2.87. The van der Waals surface area contributed by atoms with Gasteiger partial charge in [-0.25, -0.2) is 5.43 Å². The van der Waals surface area contributed by atoms with E-state index in [0.717, 1.165) is 10.0 Å². The second kappa shape index (κ2) is 9.57. The monoisotopic (exact) mass is 419 g/mol. The number of amides is 2. The van der Waals surface area contributed by atoms with Gasteiger partial charge in [-0.2, -0.15) is 5.10 Å². The number of nitrogens with one attached hydrogen (secondary N) is 2. The number of methoxy groups -OCH3 is 2. The van der Waals surface area contributed by atoms with Gasteiger partial charge in [0.1, 0.15) is 17.9 Å². The van der Waals surface area contributed by atoms with Gasteiger partial charge in [0, 0.05) is 5.69 Å². The van der Waals surface area contributed by atoms with Gasteiger partial charge in [-0.05, 0) is 64.0 Å². The molecule has 2 aromatic carbocycles. The molecule has 7 nitrogen and oxygen atoms in total. The van der Waals surface area contributed by atoms with Crippen LogP contribution in [0.5, 0.6) is 11.5 Å². The average Bonchev–Trinajstić information content (AvgIpc) is 2.62. The fourth-order valence-corrected chi connectivity index (χ4v) is 2.56. The third-order valence-corrected chi connectivity index (χ3v) is 3.89. The molecule has 0 radical (unpaired) electrons. The third-order valence-electron chi connectivity index (χ3n) is 3.27. The number of anilines is 1. The summed E-state index contributed by atoms with van der Waals surface area (Å²) in [6.07, 6.45) is 1.14. The van der Waals surface area contributed by atoms with Gasteiger partial charge in [-0.1, -0.05) is 0 Å². The second-order valence-corrected chi connectivity index (χ2v) is 5.99. The topological polar surface area (TPSA) is 89.0 Å². The molecule has 0 heterocycles. The van der Waals surface area contributed by atoms with Gasteiger partial charge in [-0.15, -0.1) is 0 Å². The third kappa shape index (κ3) is 5.89. The summed E-state index contributed by atoms with van der Waals surface area (Å²) in [4.78, 5) is 23.6. The maximum absolute atomic E-state index is 11.9. The molecular weight excluding hydrogens is 402 g/mol. The molecule has 0 atom stereocenters. The molecule has 0 fully saturated rings. The highest BCUT2D eigenvalue weighted by atomic mass is 79.9. The fraction of sp³-hybridized carbons (Fsp3) is 0.167. The van der Waals surface area contributed by atoms with Crippen molar-refractivity contribution in [2.45, 2.75) is 6.42 Å². The molecule has 0 aromatic heterocycles. The van der Waals surface area contributed by atoms with Crippen LogP contribution in [0.4, 0.5) is 5.69 Å². The number of carbonyl (C=O) groups excluding carboxylic acids is 2. The first kappa shape index (κ1) is 19.5. The number of hydrazone groups is 1. The van der Waals surface area contributed by atoms with Crippen molar-refractivity contribution in [3.63, 3.8) is 0 Å². The summed E-state index contributed by atoms with van der Waals surface area (Å²) in [7, 11) is 3.13. The van der Waals surface area contributed by atoms with Crippen LogP contribution >= 0.6 is 15.9 Å². The Labute approximate surface area is 159 Å². The smallest absolute Gasteiger partial charge is 0.249 e. The molecule has 0 saturated carbocycles. The Balaban J connectivity index is 1.81. The molecule has 0 spiro atoms. The predicted octanol–water partition coefficient (Wildman–Crippen LogP) is 2.95. The predicted molar refractivity (Wildman–Crippen MR) is 103 cm³/mol. The molecule has 136 valence electrons. The van der Waals surface area contributed by atoms with Crippen LogP contribution in [0.2, 0.25) is 0 Å². The number of rotatable bonds is 7. The summed E-state index contributed by atoms with van der Waals surface area (Å²) in [5, 5.41) is 6.46. The largest absolute Gasteiger partial charge is 0.497 e. The lowest BCUT2D eigenvalue weighted by atomic mass is 10.2. The first-order valence-electron chi connectivity index (χ1n) is 7.61. The van der Waals surface area contributed by atoms with Gasteiger partial charge in [0.25, 0.3) is 0 Å². The average molecular weight is 420 g/mol. The standard InChI is InChI=1S/C18H18BrN3O4/c1-25-14-6-4-13(5-7-14)21-17(23)10-18(24)22-20-11-12-3-8-16(26-2)15(19)9-12/h3-9,11H,10H2,1-2H3,(H,21,23)(H,22,24). The zero-order valence-corrected chi connectivity index (χ0v) is 15.9. The van der Waals surface area contributed by atoms with Gasteiger partial charge >= 0.3 is 0 Å². The van der Waals surface area contributed by atoms with Gasteiger partial charge in [-0.3, -0.25) is 9.59 Å². The van der Waals surface area contributed by atoms with Crippen LogP contribution in [-0.4, -0.2) is 32.2 Å². The molecule has 0 bridgehead atoms. The van der Waals surface area contributed by atoms with Gasteiger partial charge in [0.15, 0.2) is 0 Å². The van der Waals surface area contributed by atoms with E-state index in [1.54, 1.807) is 56.7 Å². The van der Waals surface area contributed by atoms with Crippen LogP contribution in [0.3, 0.4) is 0 Å². The van der Waals surface area contributed by atoms with Gasteiger partial charge in [0.05, 0.1) is 24.9 Å². The normalized spacial score (nSPS) is 10.4. The summed E-state index contributed by atoms with van der Waals surface area (Å²) in [5.41, 5.74) is 3.66. The van der Waals surface area contributed by atoms with Crippen LogP contribution < -0.4 is 20.2 Å². The van der Waals surface area contributed by atoms with Crippen molar-refractivity contribution in [3.05, 3.63) is 52.5 Å². The van der Waals surface area contributed by atoms with Crippen molar-refractivity contribution in [1.29, 1.82) is 0 Å². The minimum atomic E-state index is -0.514. The molecule has 0 saturated heterocycles. The molecule has 2 rings (SSSR count). The zero-order chi connectivity index (χ0) is 18.9. The zero-order valence-electron chi connectivity index (χ0n) is 14.3. The van der Waals surface area contributed by atoms with E-state index in [9.17, 15) is 9.59 Å². The van der Waals surface area contributed by atoms with Gasteiger partial charge in [0.2, 0.25) is 11.8 Å². The van der Waals surface area contributed by atoms with Crippen LogP contribution in [-0.2, 0) is 9.59 Å². The first-order valence-corrected chi connectivity index (χ1v) is 8.40. The van der Waals surface area contributed by atoms with E-state index in [0.29, 0.717) is 17.2 Å². The van der Waals surface area contributed by atoms with E-state index >= 15 is 0 Å². The van der Waals surface area contributed by atoms with Crippen LogP contribution in [0.25, 0.3) is 0 Å². The Morgan fingerprint density at radius 1 is 1.08 bits per heavy atom. The van der Waals surface area contributed by atoms with E-state index in [-0.39, 0.29) is 6.42 Å². The Kier molecular flexibility index (Phi) is 7.16. The summed E-state index contributed by atoms with van der Waals surface area (Å²) >= 11 is 3.37. The number of ether oxygens (including phenoxy) is 2. The maximum atomic E-state index is 11.9. The Morgan fingerprint density at radius 3 is 2.42 bits per heavy atom. The van der Waals surface area contributed by atoms with Crippen molar-refractivity contribution >= 4 is 39.6 Å². The van der Waals surface area contributed by atoms with E-state index in [4.69, 9.17) is 9.47 Å². The van der Waals surface area contributed by atoms with E-state index in [1.165, 1.54) is 6.21 Å². The van der Waals surface area contributed by atoms with E-state index in [1.807, 2.05) is 0 Å². The van der Waals surface area contributed by atoms with Crippen LogP contribution in [0.1, 0.15) is 12.0 Å². The number of hydrogen-bond acceptors (Lipinski definition) is 5. The van der Waals surface area contributed by atoms with Crippen molar-refractivity contribution < 1.29 is 19.1 Å². The molecule has 0 aliphatic rings. The molecule has 2 amide bonds. The molecule has 0 aliphatic carbocycles. The van der Waals surface area contributed by atoms with E-state index in [2.05, 4.69) is 31.8 Å². The lowest BCUT2D eigenvalue weighted by Gasteiger charge is -2.06. The minimum Gasteiger partial charge on any atom is -0.497 e. The fourth-order valence-electron chi connectivity index (χ4n) is 2.01.